The van der Waals surface area contributed by atoms with Gasteiger partial charge in [-0.15, -0.1) is 0 Å². The number of rotatable bonds is 6. The molecule has 0 bridgehead atoms. The molecule has 1 aromatic rings. The van der Waals surface area contributed by atoms with E-state index in [1.807, 2.05) is 0 Å². The maximum atomic E-state index is 12.5. The van der Waals surface area contributed by atoms with Gasteiger partial charge in [0, 0.05) is 30.8 Å². The molecule has 0 radical (unpaired) electrons. The van der Waals surface area contributed by atoms with Gasteiger partial charge in [0.2, 0.25) is 5.78 Å². The van der Waals surface area contributed by atoms with Gasteiger partial charge < -0.3 is 9.64 Å². The maximum Gasteiger partial charge on any atom is 0.343 e. The number of carbonyl (C=O) groups excluding carboxylic acids is 2. The van der Waals surface area contributed by atoms with Gasteiger partial charge in [-0.05, 0) is 19.1 Å². The molecule has 8 heteroatoms. The topological polar surface area (TPSA) is 89.8 Å². The number of hydrogen-bond acceptors (Lipinski definition) is 6. The fraction of sp³-hybridized carbons (Fsp3) is 0.286. The standard InChI is InChI=1S/C14H15BrN2O5/c1-4-22-14(19)11(8-16(2)3)13(18)10-6-5-9(15)7-12(10)17(20)21/h5-8H,4H2,1-3H3/b11-8+. The first-order valence-corrected chi connectivity index (χ1v) is 7.11. The summed E-state index contributed by atoms with van der Waals surface area (Å²) in [5, 5.41) is 11.1. The molecule has 0 unspecified atom stereocenters. The normalized spacial score (nSPS) is 11.0. The lowest BCUT2D eigenvalue weighted by molar-refractivity contribution is -0.385. The van der Waals surface area contributed by atoms with Crippen LogP contribution < -0.4 is 0 Å². The van der Waals surface area contributed by atoms with Crippen LogP contribution in [0.2, 0.25) is 0 Å². The smallest absolute Gasteiger partial charge is 0.343 e. The van der Waals surface area contributed by atoms with Gasteiger partial charge in [0.1, 0.15) is 11.1 Å². The van der Waals surface area contributed by atoms with Gasteiger partial charge in [-0.2, -0.15) is 0 Å². The number of hydrogen-bond donors (Lipinski definition) is 0. The third kappa shape index (κ3) is 4.39. The fourth-order valence-electron chi connectivity index (χ4n) is 1.66. The molecule has 0 amide bonds. The Labute approximate surface area is 135 Å². The highest BCUT2D eigenvalue weighted by Gasteiger charge is 2.28. The molecule has 0 N–H and O–H groups in total. The van der Waals surface area contributed by atoms with Crippen LogP contribution in [0.3, 0.4) is 0 Å². The van der Waals surface area contributed by atoms with Crippen molar-refractivity contribution in [1.29, 1.82) is 0 Å². The van der Waals surface area contributed by atoms with Crippen LogP contribution >= 0.6 is 15.9 Å². The summed E-state index contributed by atoms with van der Waals surface area (Å²) < 4.78 is 5.30. The van der Waals surface area contributed by atoms with Crippen molar-refractivity contribution >= 4 is 33.4 Å². The first-order valence-electron chi connectivity index (χ1n) is 6.32. The second kappa shape index (κ2) is 7.69. The van der Waals surface area contributed by atoms with Crippen LogP contribution in [0.1, 0.15) is 17.3 Å². The minimum absolute atomic E-state index is 0.0965. The van der Waals surface area contributed by atoms with Crippen molar-refractivity contribution in [3.05, 3.63) is 50.1 Å². The number of nitro benzene ring substituents is 1. The Morgan fingerprint density at radius 3 is 2.55 bits per heavy atom. The molecule has 1 aromatic carbocycles. The summed E-state index contributed by atoms with van der Waals surface area (Å²) >= 11 is 3.11. The number of ether oxygens (including phenoxy) is 1. The van der Waals surface area contributed by atoms with E-state index in [-0.39, 0.29) is 23.4 Å². The van der Waals surface area contributed by atoms with Gasteiger partial charge in [-0.25, -0.2) is 4.79 Å². The largest absolute Gasteiger partial charge is 0.462 e. The van der Waals surface area contributed by atoms with E-state index < -0.39 is 16.7 Å². The van der Waals surface area contributed by atoms with Crippen LogP contribution in [-0.4, -0.2) is 42.3 Å². The molecule has 0 fully saturated rings. The van der Waals surface area contributed by atoms with Crippen molar-refractivity contribution in [3.8, 4) is 0 Å². The molecular formula is C14H15BrN2O5. The van der Waals surface area contributed by atoms with E-state index in [0.29, 0.717) is 4.47 Å². The minimum Gasteiger partial charge on any atom is -0.462 e. The predicted molar refractivity (Wildman–Crippen MR) is 83.5 cm³/mol. The third-order valence-corrected chi connectivity index (χ3v) is 3.02. The Balaban J connectivity index is 3.37. The molecule has 118 valence electrons. The highest BCUT2D eigenvalue weighted by molar-refractivity contribution is 9.10. The summed E-state index contributed by atoms with van der Waals surface area (Å²) in [6.07, 6.45) is 1.28. The van der Waals surface area contributed by atoms with E-state index in [0.717, 1.165) is 0 Å². The monoisotopic (exact) mass is 370 g/mol. The number of esters is 1. The maximum absolute atomic E-state index is 12.5. The number of Topliss-reactive ketones (excluding diaryl/α,β-unsaturated/α-hetero) is 1. The summed E-state index contributed by atoms with van der Waals surface area (Å²) in [7, 11) is 3.25. The Kier molecular flexibility index (Phi) is 6.24. The Bertz CT molecular complexity index is 640. The van der Waals surface area contributed by atoms with Crippen molar-refractivity contribution in [2.45, 2.75) is 6.92 Å². The highest BCUT2D eigenvalue weighted by atomic mass is 79.9. The van der Waals surface area contributed by atoms with Crippen molar-refractivity contribution < 1.29 is 19.2 Å². The molecule has 0 heterocycles. The number of benzene rings is 1. The molecule has 0 aliphatic heterocycles. The molecule has 1 rings (SSSR count). The van der Waals surface area contributed by atoms with Crippen LogP contribution in [-0.2, 0) is 9.53 Å². The third-order valence-electron chi connectivity index (χ3n) is 2.53. The SMILES string of the molecule is CCOC(=O)/C(=C/N(C)C)C(=O)c1ccc(Br)cc1[N+](=O)[O-]. The predicted octanol–water partition coefficient (Wildman–Crippen LogP) is 2.55. The quantitative estimate of drug-likeness (QED) is 0.145. The number of nitrogens with zero attached hydrogens (tertiary/aromatic N) is 2. The van der Waals surface area contributed by atoms with E-state index in [1.54, 1.807) is 21.0 Å². The van der Waals surface area contributed by atoms with E-state index in [1.165, 1.54) is 29.3 Å². The van der Waals surface area contributed by atoms with Gasteiger partial charge in [-0.1, -0.05) is 15.9 Å². The lowest BCUT2D eigenvalue weighted by Crippen LogP contribution is -2.20. The first kappa shape index (κ1) is 17.8. The van der Waals surface area contributed by atoms with Crippen LogP contribution in [0.15, 0.2) is 34.4 Å². The van der Waals surface area contributed by atoms with Crippen molar-refractivity contribution in [2.24, 2.45) is 0 Å². The summed E-state index contributed by atoms with van der Waals surface area (Å²) in [6.45, 7) is 1.71. The Morgan fingerprint density at radius 2 is 2.05 bits per heavy atom. The second-order valence-electron chi connectivity index (χ2n) is 4.47. The van der Waals surface area contributed by atoms with Gasteiger partial charge in [0.15, 0.2) is 0 Å². The fourth-order valence-corrected chi connectivity index (χ4v) is 2.01. The van der Waals surface area contributed by atoms with E-state index in [9.17, 15) is 19.7 Å². The molecule has 0 aliphatic rings. The zero-order valence-corrected chi connectivity index (χ0v) is 13.9. The van der Waals surface area contributed by atoms with E-state index in [2.05, 4.69) is 15.9 Å². The van der Waals surface area contributed by atoms with Gasteiger partial charge in [-0.3, -0.25) is 14.9 Å². The number of nitro groups is 1. The molecule has 0 saturated heterocycles. The molecule has 0 aromatic heterocycles. The Hall–Kier alpha value is -2.22. The first-order chi connectivity index (χ1) is 10.3. The average Bonchev–Trinajstić information content (AvgIpc) is 2.43. The lowest BCUT2D eigenvalue weighted by Gasteiger charge is -2.11. The number of carbonyl (C=O) groups is 2. The van der Waals surface area contributed by atoms with Crippen LogP contribution in [0, 0.1) is 10.1 Å². The molecular weight excluding hydrogens is 356 g/mol. The summed E-state index contributed by atoms with van der Waals surface area (Å²) in [5.41, 5.74) is -0.819. The van der Waals surface area contributed by atoms with Gasteiger partial charge in [0.25, 0.3) is 5.69 Å². The van der Waals surface area contributed by atoms with Crippen LogP contribution in [0.4, 0.5) is 5.69 Å². The lowest BCUT2D eigenvalue weighted by atomic mass is 10.0. The zero-order chi connectivity index (χ0) is 16.9. The number of halogens is 1. The zero-order valence-electron chi connectivity index (χ0n) is 12.3. The summed E-state index contributed by atoms with van der Waals surface area (Å²) in [4.78, 5) is 36.4. The number of ketones is 1. The minimum atomic E-state index is -0.821. The molecule has 0 aliphatic carbocycles. The second-order valence-corrected chi connectivity index (χ2v) is 5.39. The highest BCUT2D eigenvalue weighted by Crippen LogP contribution is 2.26. The van der Waals surface area contributed by atoms with E-state index in [4.69, 9.17) is 4.74 Å². The summed E-state index contributed by atoms with van der Waals surface area (Å²) in [6, 6.07) is 4.01. The van der Waals surface area contributed by atoms with Crippen LogP contribution in [0.5, 0.6) is 0 Å². The molecule has 7 nitrogen and oxygen atoms in total. The summed E-state index contributed by atoms with van der Waals surface area (Å²) in [5.74, 6) is -1.58. The van der Waals surface area contributed by atoms with Crippen LogP contribution in [0.25, 0.3) is 0 Å². The van der Waals surface area contributed by atoms with Gasteiger partial charge >= 0.3 is 5.97 Å². The molecule has 0 spiro atoms. The molecule has 0 saturated carbocycles. The van der Waals surface area contributed by atoms with E-state index >= 15 is 0 Å². The molecule has 22 heavy (non-hydrogen) atoms. The van der Waals surface area contributed by atoms with Crippen molar-refractivity contribution in [1.82, 2.24) is 4.90 Å². The molecule has 0 atom stereocenters. The van der Waals surface area contributed by atoms with Crippen molar-refractivity contribution in [3.63, 3.8) is 0 Å². The van der Waals surface area contributed by atoms with Crippen molar-refractivity contribution in [2.75, 3.05) is 20.7 Å². The van der Waals surface area contributed by atoms with Gasteiger partial charge in [0.05, 0.1) is 11.5 Å². The Morgan fingerprint density at radius 1 is 1.41 bits per heavy atom. The average molecular weight is 371 g/mol.